The Labute approximate surface area is 138 Å². The van der Waals surface area contributed by atoms with E-state index in [0.717, 1.165) is 22.4 Å². The fraction of sp³-hybridized carbons (Fsp3) is 0.167. The SMILES string of the molecule is O=C(c1cc(-c2ccccc2)n[nH]1)N1CCc2c(cc[nH]c2=O)C1. The van der Waals surface area contributed by atoms with E-state index in [0.29, 0.717) is 25.2 Å². The molecule has 2 N–H and O–H groups in total. The van der Waals surface area contributed by atoms with E-state index in [1.54, 1.807) is 17.2 Å². The normalized spacial score (nSPS) is 13.6. The average molecular weight is 320 g/mol. The number of rotatable bonds is 2. The minimum absolute atomic E-state index is 0.0625. The molecule has 0 saturated carbocycles. The number of H-pyrrole nitrogens is 2. The molecule has 2 aromatic heterocycles. The highest BCUT2D eigenvalue weighted by Gasteiger charge is 2.24. The van der Waals surface area contributed by atoms with Gasteiger partial charge in [-0.2, -0.15) is 5.10 Å². The third-order valence-electron chi connectivity index (χ3n) is 4.32. The maximum atomic E-state index is 12.7. The predicted molar refractivity (Wildman–Crippen MR) is 89.5 cm³/mol. The van der Waals surface area contributed by atoms with Crippen LogP contribution in [0.1, 0.15) is 21.6 Å². The molecule has 1 amide bonds. The van der Waals surface area contributed by atoms with Crippen LogP contribution < -0.4 is 5.56 Å². The number of benzene rings is 1. The quantitative estimate of drug-likeness (QED) is 0.757. The van der Waals surface area contributed by atoms with Gasteiger partial charge in [-0.1, -0.05) is 30.3 Å². The Balaban J connectivity index is 1.57. The van der Waals surface area contributed by atoms with Crippen LogP contribution in [-0.4, -0.2) is 32.5 Å². The number of nitrogens with one attached hydrogen (secondary N) is 2. The number of aromatic nitrogens is 3. The van der Waals surface area contributed by atoms with Crippen molar-refractivity contribution in [3.8, 4) is 11.3 Å². The molecule has 6 heteroatoms. The first-order valence-electron chi connectivity index (χ1n) is 7.82. The molecular weight excluding hydrogens is 304 g/mol. The molecule has 0 fully saturated rings. The van der Waals surface area contributed by atoms with Gasteiger partial charge < -0.3 is 9.88 Å². The third kappa shape index (κ3) is 2.52. The topological polar surface area (TPSA) is 81.8 Å². The smallest absolute Gasteiger partial charge is 0.272 e. The second-order valence-electron chi connectivity index (χ2n) is 5.82. The first-order valence-corrected chi connectivity index (χ1v) is 7.82. The summed E-state index contributed by atoms with van der Waals surface area (Å²) in [6.45, 7) is 0.969. The molecule has 0 spiro atoms. The lowest BCUT2D eigenvalue weighted by atomic mass is 10.0. The first kappa shape index (κ1) is 14.4. The van der Waals surface area contributed by atoms with Gasteiger partial charge >= 0.3 is 0 Å². The van der Waals surface area contributed by atoms with Gasteiger partial charge in [0.05, 0.1) is 5.69 Å². The number of hydrogen-bond donors (Lipinski definition) is 2. The molecule has 6 nitrogen and oxygen atoms in total. The van der Waals surface area contributed by atoms with Gasteiger partial charge in [0.2, 0.25) is 0 Å². The van der Waals surface area contributed by atoms with E-state index in [2.05, 4.69) is 15.2 Å². The Kier molecular flexibility index (Phi) is 3.49. The van der Waals surface area contributed by atoms with Crippen LogP contribution in [0, 0.1) is 0 Å². The molecule has 3 heterocycles. The number of hydrogen-bond acceptors (Lipinski definition) is 3. The summed E-state index contributed by atoms with van der Waals surface area (Å²) in [5.41, 5.74) is 3.78. The molecule has 1 aliphatic rings. The first-order chi connectivity index (χ1) is 11.7. The summed E-state index contributed by atoms with van der Waals surface area (Å²) < 4.78 is 0. The highest BCUT2D eigenvalue weighted by molar-refractivity contribution is 5.93. The monoisotopic (exact) mass is 320 g/mol. The zero-order valence-corrected chi connectivity index (χ0v) is 13.0. The molecule has 0 saturated heterocycles. The minimum atomic E-state index is -0.101. The van der Waals surface area contributed by atoms with E-state index in [1.807, 2.05) is 36.4 Å². The van der Waals surface area contributed by atoms with Gasteiger partial charge in [0.25, 0.3) is 11.5 Å². The second-order valence-corrected chi connectivity index (χ2v) is 5.82. The summed E-state index contributed by atoms with van der Waals surface area (Å²) >= 11 is 0. The van der Waals surface area contributed by atoms with Gasteiger partial charge in [0.1, 0.15) is 5.69 Å². The highest BCUT2D eigenvalue weighted by atomic mass is 16.2. The zero-order chi connectivity index (χ0) is 16.5. The Hall–Kier alpha value is -3.15. The van der Waals surface area contributed by atoms with E-state index >= 15 is 0 Å². The fourth-order valence-corrected chi connectivity index (χ4v) is 3.04. The summed E-state index contributed by atoms with van der Waals surface area (Å²) in [7, 11) is 0. The Morgan fingerprint density at radius 3 is 2.83 bits per heavy atom. The molecule has 0 aliphatic carbocycles. The van der Waals surface area contributed by atoms with Crippen molar-refractivity contribution in [1.29, 1.82) is 0 Å². The van der Waals surface area contributed by atoms with Gasteiger partial charge in [-0.3, -0.25) is 14.7 Å². The van der Waals surface area contributed by atoms with Crippen LogP contribution in [0.25, 0.3) is 11.3 Å². The lowest BCUT2D eigenvalue weighted by Crippen LogP contribution is -2.38. The van der Waals surface area contributed by atoms with Crippen molar-refractivity contribution in [1.82, 2.24) is 20.1 Å². The summed E-state index contributed by atoms with van der Waals surface area (Å²) in [5.74, 6) is -0.101. The number of fused-ring (bicyclic) bond motifs is 1. The predicted octanol–water partition coefficient (Wildman–Crippen LogP) is 1.96. The Morgan fingerprint density at radius 2 is 2.00 bits per heavy atom. The second kappa shape index (κ2) is 5.81. The number of carbonyl (C=O) groups excluding carboxylic acids is 1. The molecule has 3 aromatic rings. The molecule has 0 bridgehead atoms. The summed E-state index contributed by atoms with van der Waals surface area (Å²) in [4.78, 5) is 28.9. The van der Waals surface area contributed by atoms with E-state index < -0.39 is 0 Å². The fourth-order valence-electron chi connectivity index (χ4n) is 3.04. The maximum absolute atomic E-state index is 12.7. The number of carbonyl (C=O) groups is 1. The van der Waals surface area contributed by atoms with E-state index in [-0.39, 0.29) is 11.5 Å². The van der Waals surface area contributed by atoms with Crippen molar-refractivity contribution >= 4 is 5.91 Å². The molecular formula is C18H16N4O2. The highest BCUT2D eigenvalue weighted by Crippen LogP contribution is 2.20. The summed E-state index contributed by atoms with van der Waals surface area (Å²) in [6, 6.07) is 13.3. The lowest BCUT2D eigenvalue weighted by molar-refractivity contribution is 0.0728. The Morgan fingerprint density at radius 1 is 1.17 bits per heavy atom. The average Bonchev–Trinajstić information content (AvgIpc) is 3.12. The van der Waals surface area contributed by atoms with E-state index in [9.17, 15) is 9.59 Å². The maximum Gasteiger partial charge on any atom is 0.272 e. The molecule has 1 aromatic carbocycles. The van der Waals surface area contributed by atoms with Crippen molar-refractivity contribution < 1.29 is 4.79 Å². The van der Waals surface area contributed by atoms with Crippen molar-refractivity contribution in [3.05, 3.63) is 75.8 Å². The number of pyridine rings is 1. The number of amides is 1. The van der Waals surface area contributed by atoms with Crippen LogP contribution in [-0.2, 0) is 13.0 Å². The minimum Gasteiger partial charge on any atom is -0.333 e. The molecule has 4 rings (SSSR count). The van der Waals surface area contributed by atoms with Crippen LogP contribution in [0.5, 0.6) is 0 Å². The van der Waals surface area contributed by atoms with Crippen LogP contribution in [0.15, 0.2) is 53.5 Å². The lowest BCUT2D eigenvalue weighted by Gasteiger charge is -2.27. The zero-order valence-electron chi connectivity index (χ0n) is 13.0. The van der Waals surface area contributed by atoms with Crippen LogP contribution in [0.4, 0.5) is 0 Å². The van der Waals surface area contributed by atoms with Crippen molar-refractivity contribution in [3.63, 3.8) is 0 Å². The van der Waals surface area contributed by atoms with Gasteiger partial charge in [0.15, 0.2) is 0 Å². The van der Waals surface area contributed by atoms with E-state index in [1.165, 1.54) is 0 Å². The van der Waals surface area contributed by atoms with Crippen molar-refractivity contribution in [2.75, 3.05) is 6.54 Å². The Bertz CT molecular complexity index is 943. The van der Waals surface area contributed by atoms with Crippen molar-refractivity contribution in [2.45, 2.75) is 13.0 Å². The van der Waals surface area contributed by atoms with Gasteiger partial charge in [-0.25, -0.2) is 0 Å². The summed E-state index contributed by atoms with van der Waals surface area (Å²) in [5, 5.41) is 7.06. The van der Waals surface area contributed by atoms with Crippen molar-refractivity contribution in [2.24, 2.45) is 0 Å². The largest absolute Gasteiger partial charge is 0.333 e. The summed E-state index contributed by atoms with van der Waals surface area (Å²) in [6.07, 6.45) is 2.19. The van der Waals surface area contributed by atoms with Gasteiger partial charge in [0, 0.05) is 30.4 Å². The molecule has 120 valence electrons. The van der Waals surface area contributed by atoms with Crippen LogP contribution in [0.3, 0.4) is 0 Å². The molecule has 0 unspecified atom stereocenters. The molecule has 0 atom stereocenters. The molecule has 1 aliphatic heterocycles. The molecule has 24 heavy (non-hydrogen) atoms. The molecule has 0 radical (unpaired) electrons. The third-order valence-corrected chi connectivity index (χ3v) is 4.32. The standard InChI is InChI=1S/C18H16N4O2/c23-17-14-7-9-22(11-13(14)6-8-19-17)18(24)16-10-15(20-21-16)12-4-2-1-3-5-12/h1-6,8,10H,7,9,11H2,(H,19,23)(H,20,21). The van der Waals surface area contributed by atoms with E-state index in [4.69, 9.17) is 0 Å². The van der Waals surface area contributed by atoms with Crippen LogP contribution >= 0.6 is 0 Å². The van der Waals surface area contributed by atoms with Gasteiger partial charge in [-0.05, 0) is 24.1 Å². The number of nitrogens with zero attached hydrogens (tertiary/aromatic N) is 2. The van der Waals surface area contributed by atoms with Gasteiger partial charge in [-0.15, -0.1) is 0 Å². The van der Waals surface area contributed by atoms with Crippen LogP contribution in [0.2, 0.25) is 0 Å². The number of aromatic amines is 2.